The van der Waals surface area contributed by atoms with Crippen molar-refractivity contribution in [1.82, 2.24) is 31.5 Å². The van der Waals surface area contributed by atoms with Crippen LogP contribution < -0.4 is 53.5 Å². The van der Waals surface area contributed by atoms with Crippen molar-refractivity contribution in [2.75, 3.05) is 103 Å². The number of primary amides is 1. The van der Waals surface area contributed by atoms with Crippen LogP contribution in [0.3, 0.4) is 0 Å². The highest BCUT2D eigenvalue weighted by atomic mass is 19.1. The van der Waals surface area contributed by atoms with Gasteiger partial charge in [0.05, 0.1) is 83.9 Å². The van der Waals surface area contributed by atoms with E-state index in [-0.39, 0.29) is 159 Å². The lowest BCUT2D eigenvalue weighted by atomic mass is 9.44. The minimum atomic E-state index is -2.27. The van der Waals surface area contributed by atoms with Crippen LogP contribution in [0, 0.1) is 28.6 Å². The molecule has 8 aliphatic rings. The number of carbonyl (C=O) groups is 10. The average Bonchev–Trinajstić information content (AvgIpc) is 1.52. The molecule has 2 saturated heterocycles. The van der Waals surface area contributed by atoms with Crippen LogP contribution in [0.2, 0.25) is 0 Å². The van der Waals surface area contributed by atoms with Gasteiger partial charge in [-0.3, -0.25) is 53.6 Å². The van der Waals surface area contributed by atoms with Gasteiger partial charge in [-0.2, -0.15) is 5.10 Å². The number of Topliss-reactive ketones (excluding diaryl/α,β-unsaturated/α-hetero) is 1. The number of ketones is 1. The van der Waals surface area contributed by atoms with Gasteiger partial charge in [0, 0.05) is 59.8 Å². The number of aliphatic hydroxyl groups is 5. The minimum absolute atomic E-state index is 0.0148. The standard InChI is InChI=1S/C88H124F2N12O25/c1-7-14-73-126-68-45-57-58-44-60(89)59-43-52(4)29-31-85(59,5)87(58,90)66(104)46-86(57,6)88(68,127-73)67(105)49-122-56-25-23-55(24-26-56)96-84(117)124-48-53-19-21-54(22-20-53)95-79(113)63(17-13-33-94-83(91)116)98-81(115)74(51(2)3)100-80(114)62(97-69(106)30-35-118-37-39-120-41-42-121-40-38-119-36-34-102-71(108)27-28-72(102)109)16-11-12-32-93-70(107)50-123-64-18-10-8-9-15-61(75(64)101-92)99-82-78(112)77(111)76(110)65(47-103)125-82/h19-29,31,43,51,57-58,60,62-66,68,73-74,76-78,82,103-104,110-112H,4,7-18,30,32-42,44-50,92H2,1-3,5-6H3,(H,93,107)(H,95,113)(H,96,117)(H,97,106)(H,98,115)(H,100,114)(H3,91,94,116)/t57-,58-,60-,62+,63-,64?,65+,66-,68+,73?,74-,76-,77-,78+,82+,85-,86-,87-,88+/m0/s1. The zero-order valence-corrected chi connectivity index (χ0v) is 72.5. The molecule has 19 atom stereocenters. The molecule has 127 heavy (non-hydrogen) atoms. The summed E-state index contributed by atoms with van der Waals surface area (Å²) in [6, 6.07) is 7.80. The summed E-state index contributed by atoms with van der Waals surface area (Å²) in [6.45, 7) is 12.4. The van der Waals surface area contributed by atoms with E-state index in [1.165, 1.54) is 36.4 Å². The van der Waals surface area contributed by atoms with Gasteiger partial charge in [0.1, 0.15) is 86.1 Å². The van der Waals surface area contributed by atoms with E-state index in [1.807, 2.05) is 13.8 Å². The number of amides is 10. The first-order chi connectivity index (χ1) is 60.8. The Morgan fingerprint density at radius 3 is 2.05 bits per heavy atom. The first-order valence-electron chi connectivity index (χ1n) is 43.6. The van der Waals surface area contributed by atoms with Crippen molar-refractivity contribution >= 4 is 82.1 Å². The highest BCUT2D eigenvalue weighted by Gasteiger charge is 2.80. The number of imide groups is 1. The molecule has 0 spiro atoms. The van der Waals surface area contributed by atoms with E-state index in [0.717, 1.165) is 11.3 Å². The number of nitrogens with one attached hydrogen (secondary N) is 7. The number of hydrogen-bond donors (Lipinski definition) is 14. The van der Waals surface area contributed by atoms with Gasteiger partial charge in [0.2, 0.25) is 35.3 Å². The van der Waals surface area contributed by atoms with Crippen LogP contribution in [-0.2, 0) is 87.6 Å². The van der Waals surface area contributed by atoms with E-state index in [1.54, 1.807) is 63.3 Å². The number of aliphatic imine (C=N–C) groups is 1. The number of nitrogens with zero attached hydrogens (tertiary/aromatic N) is 3. The van der Waals surface area contributed by atoms with Crippen molar-refractivity contribution in [3.8, 4) is 5.75 Å². The molecular formula is C88H124F2N12O25. The molecule has 0 aromatic heterocycles. The van der Waals surface area contributed by atoms with E-state index in [4.69, 9.17) is 58.9 Å². The van der Waals surface area contributed by atoms with Crippen LogP contribution in [0.1, 0.15) is 143 Å². The van der Waals surface area contributed by atoms with Crippen molar-refractivity contribution < 1.29 is 130 Å². The number of nitrogens with two attached hydrogens (primary N) is 2. The van der Waals surface area contributed by atoms with Crippen LogP contribution in [0.4, 0.5) is 29.7 Å². The number of hydrogen-bond acceptors (Lipinski definition) is 28. The summed E-state index contributed by atoms with van der Waals surface area (Å²) >= 11 is 0. The lowest BCUT2D eigenvalue weighted by molar-refractivity contribution is -0.234. The average molecular weight is 1790 g/mol. The van der Waals surface area contributed by atoms with Crippen LogP contribution in [0.5, 0.6) is 5.75 Å². The number of alkyl halides is 2. The highest BCUT2D eigenvalue weighted by molar-refractivity contribution is 6.44. The number of unbranched alkanes of at least 4 members (excludes halogenated alkanes) is 1. The molecule has 4 saturated carbocycles. The summed E-state index contributed by atoms with van der Waals surface area (Å²) in [7, 11) is 0. The Labute approximate surface area is 736 Å². The van der Waals surface area contributed by atoms with Crippen LogP contribution in [-0.4, -0.2) is 284 Å². The molecule has 2 aromatic rings. The summed E-state index contributed by atoms with van der Waals surface area (Å²) in [6.07, 6.45) is -2.36. The fourth-order valence-corrected chi connectivity index (χ4v) is 18.1. The monoisotopic (exact) mass is 1790 g/mol. The van der Waals surface area contributed by atoms with E-state index in [9.17, 15) is 73.5 Å². The van der Waals surface area contributed by atoms with E-state index in [2.05, 4.69) is 53.9 Å². The smallest absolute Gasteiger partial charge is 0.411 e. The molecular weight excluding hydrogens is 1660 g/mol. The second-order valence-corrected chi connectivity index (χ2v) is 33.8. The Balaban J connectivity index is 0.700. The van der Waals surface area contributed by atoms with Gasteiger partial charge in [-0.25, -0.2) is 18.4 Å². The molecule has 39 heteroatoms. The molecule has 2 aromatic carbocycles. The van der Waals surface area contributed by atoms with Crippen molar-refractivity contribution in [2.24, 2.45) is 50.3 Å². The third kappa shape index (κ3) is 24.9. The molecule has 2 unspecified atom stereocenters. The predicted molar refractivity (Wildman–Crippen MR) is 455 cm³/mol. The maximum absolute atomic E-state index is 18.1. The molecule has 3 heterocycles. The number of fused-ring (bicyclic) bond motifs is 7. The number of halogens is 2. The maximum atomic E-state index is 18.1. The van der Waals surface area contributed by atoms with E-state index in [0.29, 0.717) is 61.8 Å². The zero-order valence-electron chi connectivity index (χ0n) is 72.5. The van der Waals surface area contributed by atoms with Gasteiger partial charge >= 0.3 is 12.1 Å². The lowest BCUT2D eigenvalue weighted by Gasteiger charge is -2.63. The van der Waals surface area contributed by atoms with Crippen molar-refractivity contribution in [2.45, 2.75) is 235 Å². The van der Waals surface area contributed by atoms with Crippen molar-refractivity contribution in [1.29, 1.82) is 0 Å². The maximum Gasteiger partial charge on any atom is 0.411 e. The third-order valence-corrected chi connectivity index (χ3v) is 24.9. The Kier molecular flexibility index (Phi) is 36.5. The summed E-state index contributed by atoms with van der Waals surface area (Å²) in [4.78, 5) is 139. The number of benzene rings is 2. The predicted octanol–water partition coefficient (Wildman–Crippen LogP) is 3.65. The molecule has 10 amide bonds. The Morgan fingerprint density at radius 1 is 0.724 bits per heavy atom. The second kappa shape index (κ2) is 46.6. The number of carbonyl (C=O) groups excluding carboxylic acids is 10. The third-order valence-electron chi connectivity index (χ3n) is 24.9. The van der Waals surface area contributed by atoms with Gasteiger partial charge in [-0.15, -0.1) is 0 Å². The fraction of sp³-hybridized carbons (Fsp3) is 0.636. The van der Waals surface area contributed by atoms with Crippen LogP contribution >= 0.6 is 0 Å². The normalized spacial score (nSPS) is 29.2. The van der Waals surface area contributed by atoms with Gasteiger partial charge < -0.3 is 116 Å². The SMILES string of the molecule is C=C1C=C[C@@]2(C)C(=C1)[C@@H](F)C[C@H]1[C@@H]3C[C@H]4OC(CCC)O[C@@]4(C(=O)COc4ccc(NC(=O)OCc5ccc(NC(=O)[C@H](CCCNC(N)=O)NC(=O)[C@@H](NC(=O)[C@@H](CCCCNC(=O)COC6CCCCCC(=N[C@@H]7O[C@H](CO)[C@H](O)[C@H](O)[C@H]7O)C6=NN)NC(=O)CCOCCOCCOCCOCCN6C(=O)C=CC6=O)C(C)C)cc5)cc4)[C@@]3(C)C[C@H](O)[C@@]12F. The lowest BCUT2D eigenvalue weighted by Crippen LogP contribution is -2.70. The molecule has 6 fully saturated rings. The molecule has 37 nitrogen and oxygen atoms in total. The van der Waals surface area contributed by atoms with Gasteiger partial charge in [0.15, 0.2) is 23.8 Å². The highest BCUT2D eigenvalue weighted by Crippen LogP contribution is 2.72. The Bertz CT molecular complexity index is 4290. The molecule has 5 aliphatic carbocycles. The van der Waals surface area contributed by atoms with Gasteiger partial charge in [0.25, 0.3) is 11.8 Å². The summed E-state index contributed by atoms with van der Waals surface area (Å²) in [5, 5.41) is 76.2. The zero-order chi connectivity index (χ0) is 91.8. The number of allylic oxidation sites excluding steroid dienone is 5. The van der Waals surface area contributed by atoms with Gasteiger partial charge in [-0.05, 0) is 149 Å². The first-order valence-corrected chi connectivity index (χ1v) is 43.6. The number of urea groups is 1. The number of anilines is 2. The first kappa shape index (κ1) is 99.5. The largest absolute Gasteiger partial charge is 0.486 e. The van der Waals surface area contributed by atoms with E-state index >= 15 is 8.78 Å². The Hall–Kier alpha value is -9.62. The molecule has 700 valence electrons. The molecule has 10 rings (SSSR count). The quantitative estimate of drug-likeness (QED) is 0.0195. The van der Waals surface area contributed by atoms with Gasteiger partial charge in [-0.1, -0.05) is 83.9 Å². The second-order valence-electron chi connectivity index (χ2n) is 33.8. The molecule has 16 N–H and O–H groups in total. The number of ether oxygens (including phenoxy) is 10. The topological polar surface area (TPSA) is 528 Å². The Morgan fingerprint density at radius 2 is 1.38 bits per heavy atom. The number of hydrazone groups is 1. The van der Waals surface area contributed by atoms with Crippen molar-refractivity contribution in [3.63, 3.8) is 0 Å². The van der Waals surface area contributed by atoms with Crippen LogP contribution in [0.25, 0.3) is 0 Å². The molecule has 3 aliphatic heterocycles. The van der Waals surface area contributed by atoms with E-state index < -0.39 is 198 Å². The minimum Gasteiger partial charge on any atom is -0.486 e. The van der Waals surface area contributed by atoms with Crippen LogP contribution in [0.15, 0.2) is 107 Å². The summed E-state index contributed by atoms with van der Waals surface area (Å²) < 4.78 is 93.1. The molecule has 0 bridgehead atoms. The molecule has 0 radical (unpaired) electrons. The number of rotatable bonds is 46. The summed E-state index contributed by atoms with van der Waals surface area (Å²) in [5.74, 6) is -0.609. The van der Waals surface area contributed by atoms with Crippen molar-refractivity contribution in [3.05, 3.63) is 102 Å². The number of aliphatic hydroxyl groups excluding tert-OH is 5. The fourth-order valence-electron chi connectivity index (χ4n) is 18.1. The summed E-state index contributed by atoms with van der Waals surface area (Å²) in [5.41, 5.74) is 1.11.